The van der Waals surface area contributed by atoms with Crippen LogP contribution in [0.15, 0.2) is 24.8 Å². The summed E-state index contributed by atoms with van der Waals surface area (Å²) in [6.07, 6.45) is 11.8. The predicted octanol–water partition coefficient (Wildman–Crippen LogP) is 1.64. The van der Waals surface area contributed by atoms with E-state index in [0.29, 0.717) is 5.92 Å². The van der Waals surface area contributed by atoms with Crippen LogP contribution in [0.1, 0.15) is 23.5 Å². The van der Waals surface area contributed by atoms with Crippen molar-refractivity contribution in [2.24, 2.45) is 0 Å². The van der Waals surface area contributed by atoms with Gasteiger partial charge < -0.3 is 10.6 Å². The van der Waals surface area contributed by atoms with Crippen molar-refractivity contribution in [3.63, 3.8) is 0 Å². The van der Waals surface area contributed by atoms with Gasteiger partial charge >= 0.3 is 0 Å². The topological polar surface area (TPSA) is 62.7 Å². The minimum Gasteiger partial charge on any atom is -0.373 e. The zero-order chi connectivity index (χ0) is 14.7. The van der Waals surface area contributed by atoms with E-state index >= 15 is 0 Å². The zero-order valence-corrected chi connectivity index (χ0v) is 11.9. The van der Waals surface area contributed by atoms with Crippen molar-refractivity contribution < 1.29 is 0 Å². The maximum absolute atomic E-state index is 5.68. The third-order valence-corrected chi connectivity index (χ3v) is 3.82. The van der Waals surface area contributed by atoms with E-state index in [0.717, 1.165) is 47.7 Å². The summed E-state index contributed by atoms with van der Waals surface area (Å²) >= 11 is 0. The Morgan fingerprint density at radius 1 is 1.43 bits per heavy atom. The average Bonchev–Trinajstić information content (AvgIpc) is 3.08. The minimum absolute atomic E-state index is 0.387. The Morgan fingerprint density at radius 2 is 2.33 bits per heavy atom. The molecular formula is C16H17N5. The van der Waals surface area contributed by atoms with Gasteiger partial charge in [-0.3, -0.25) is 0 Å². The van der Waals surface area contributed by atoms with E-state index in [2.05, 4.69) is 31.5 Å². The Morgan fingerprint density at radius 3 is 2.95 bits per heavy atom. The highest BCUT2D eigenvalue weighted by Gasteiger charge is 2.26. The lowest BCUT2D eigenvalue weighted by Crippen LogP contribution is -2.12. The van der Waals surface area contributed by atoms with E-state index < -0.39 is 0 Å². The number of nitrogens with zero attached hydrogens (tertiary/aromatic N) is 3. The molecule has 1 unspecified atom stereocenters. The summed E-state index contributed by atoms with van der Waals surface area (Å²) in [5.41, 5.74) is 3.76. The SMILES string of the molecule is C#Cc1cnc(NC)c(C2CCNC2)c1-c1ccncn1. The summed E-state index contributed by atoms with van der Waals surface area (Å²) in [6, 6.07) is 1.89. The second kappa shape index (κ2) is 5.90. The van der Waals surface area contributed by atoms with Gasteiger partial charge in [0.25, 0.3) is 0 Å². The zero-order valence-electron chi connectivity index (χ0n) is 11.9. The largest absolute Gasteiger partial charge is 0.373 e. The van der Waals surface area contributed by atoms with Gasteiger partial charge in [-0.1, -0.05) is 5.92 Å². The lowest BCUT2D eigenvalue weighted by atomic mass is 9.90. The maximum Gasteiger partial charge on any atom is 0.129 e. The molecule has 0 aliphatic carbocycles. The molecular weight excluding hydrogens is 262 g/mol. The Labute approximate surface area is 124 Å². The fourth-order valence-corrected chi connectivity index (χ4v) is 2.85. The molecule has 106 valence electrons. The summed E-state index contributed by atoms with van der Waals surface area (Å²) in [5, 5.41) is 6.58. The summed E-state index contributed by atoms with van der Waals surface area (Å²) in [4.78, 5) is 12.8. The van der Waals surface area contributed by atoms with Crippen LogP contribution in [0.2, 0.25) is 0 Å². The number of terminal acetylenes is 1. The van der Waals surface area contributed by atoms with Crippen molar-refractivity contribution in [3.05, 3.63) is 35.9 Å². The summed E-state index contributed by atoms with van der Waals surface area (Å²) in [7, 11) is 1.88. The van der Waals surface area contributed by atoms with Gasteiger partial charge in [-0.25, -0.2) is 15.0 Å². The van der Waals surface area contributed by atoms with Gasteiger partial charge in [0.05, 0.1) is 11.3 Å². The lowest BCUT2D eigenvalue weighted by molar-refractivity contribution is 0.762. The first-order valence-corrected chi connectivity index (χ1v) is 6.99. The quantitative estimate of drug-likeness (QED) is 0.836. The number of hydrogen-bond donors (Lipinski definition) is 2. The van der Waals surface area contributed by atoms with Gasteiger partial charge in [0.2, 0.25) is 0 Å². The number of nitrogens with one attached hydrogen (secondary N) is 2. The number of hydrogen-bond acceptors (Lipinski definition) is 5. The van der Waals surface area contributed by atoms with Gasteiger partial charge in [-0.05, 0) is 19.0 Å². The van der Waals surface area contributed by atoms with Crippen molar-refractivity contribution in [3.8, 4) is 23.6 Å². The van der Waals surface area contributed by atoms with Gasteiger partial charge in [0, 0.05) is 43.0 Å². The second-order valence-electron chi connectivity index (χ2n) is 4.99. The first kappa shape index (κ1) is 13.5. The summed E-state index contributed by atoms with van der Waals surface area (Å²) in [5.74, 6) is 4.00. The van der Waals surface area contributed by atoms with Crippen molar-refractivity contribution in [2.75, 3.05) is 25.5 Å². The van der Waals surface area contributed by atoms with Gasteiger partial charge in [0.1, 0.15) is 12.1 Å². The highest BCUT2D eigenvalue weighted by molar-refractivity contribution is 5.76. The van der Waals surface area contributed by atoms with E-state index in [-0.39, 0.29) is 0 Å². The molecule has 3 heterocycles. The third kappa shape index (κ3) is 2.46. The molecule has 0 spiro atoms. The van der Waals surface area contributed by atoms with Crippen LogP contribution in [0, 0.1) is 12.3 Å². The third-order valence-electron chi connectivity index (χ3n) is 3.82. The molecule has 0 radical (unpaired) electrons. The van der Waals surface area contributed by atoms with Crippen LogP contribution in [-0.2, 0) is 0 Å². The van der Waals surface area contributed by atoms with Crippen LogP contribution in [-0.4, -0.2) is 35.1 Å². The van der Waals surface area contributed by atoms with E-state index in [1.54, 1.807) is 18.7 Å². The standard InChI is InChI=1S/C16H17N5/c1-3-11-9-20-16(17-2)15(12-4-6-18-8-12)14(11)13-5-7-19-10-21-13/h1,5,7,9-10,12,18H,4,6,8H2,2H3,(H,17,20). The molecule has 1 saturated heterocycles. The smallest absolute Gasteiger partial charge is 0.129 e. The van der Waals surface area contributed by atoms with E-state index in [1.807, 2.05) is 13.1 Å². The predicted molar refractivity (Wildman–Crippen MR) is 83.0 cm³/mol. The van der Waals surface area contributed by atoms with Crippen molar-refractivity contribution in [2.45, 2.75) is 12.3 Å². The molecule has 2 aromatic rings. The maximum atomic E-state index is 5.68. The number of anilines is 1. The molecule has 1 atom stereocenters. The monoisotopic (exact) mass is 279 g/mol. The van der Waals surface area contributed by atoms with Crippen LogP contribution in [0.25, 0.3) is 11.3 Å². The second-order valence-corrected chi connectivity index (χ2v) is 4.99. The van der Waals surface area contributed by atoms with E-state index in [9.17, 15) is 0 Å². The normalized spacial score (nSPS) is 17.4. The van der Waals surface area contributed by atoms with Gasteiger partial charge in [-0.2, -0.15) is 0 Å². The molecule has 2 aromatic heterocycles. The number of aromatic nitrogens is 3. The van der Waals surface area contributed by atoms with Crippen LogP contribution < -0.4 is 10.6 Å². The number of pyridine rings is 1. The fourth-order valence-electron chi connectivity index (χ4n) is 2.85. The first-order valence-electron chi connectivity index (χ1n) is 6.99. The van der Waals surface area contributed by atoms with Crippen LogP contribution in [0.5, 0.6) is 0 Å². The Balaban J connectivity index is 2.26. The number of rotatable bonds is 3. The molecule has 0 saturated carbocycles. The minimum atomic E-state index is 0.387. The molecule has 0 aromatic carbocycles. The molecule has 0 amide bonds. The molecule has 0 bridgehead atoms. The van der Waals surface area contributed by atoms with Gasteiger partial charge in [-0.15, -0.1) is 6.42 Å². The van der Waals surface area contributed by atoms with Crippen molar-refractivity contribution in [1.82, 2.24) is 20.3 Å². The first-order chi connectivity index (χ1) is 10.3. The molecule has 21 heavy (non-hydrogen) atoms. The molecule has 5 nitrogen and oxygen atoms in total. The highest BCUT2D eigenvalue weighted by atomic mass is 15.0. The summed E-state index contributed by atoms with van der Waals surface area (Å²) < 4.78 is 0. The molecule has 1 fully saturated rings. The van der Waals surface area contributed by atoms with Crippen LogP contribution >= 0.6 is 0 Å². The van der Waals surface area contributed by atoms with Crippen molar-refractivity contribution in [1.29, 1.82) is 0 Å². The van der Waals surface area contributed by atoms with E-state index in [1.165, 1.54) is 0 Å². The van der Waals surface area contributed by atoms with Gasteiger partial charge in [0.15, 0.2) is 0 Å². The average molecular weight is 279 g/mol. The Hall–Kier alpha value is -2.45. The van der Waals surface area contributed by atoms with Crippen LogP contribution in [0.4, 0.5) is 5.82 Å². The fraction of sp³-hybridized carbons (Fsp3) is 0.312. The molecule has 1 aliphatic heterocycles. The van der Waals surface area contributed by atoms with E-state index in [4.69, 9.17) is 6.42 Å². The summed E-state index contributed by atoms with van der Waals surface area (Å²) in [6.45, 7) is 1.94. The Bertz CT molecular complexity index is 669. The molecule has 3 rings (SSSR count). The lowest BCUT2D eigenvalue weighted by Gasteiger charge is -2.19. The van der Waals surface area contributed by atoms with Crippen LogP contribution in [0.3, 0.4) is 0 Å². The Kier molecular flexibility index (Phi) is 3.80. The molecule has 5 heteroatoms. The van der Waals surface area contributed by atoms with Crippen molar-refractivity contribution >= 4 is 5.82 Å². The highest BCUT2D eigenvalue weighted by Crippen LogP contribution is 2.37. The molecule has 1 aliphatic rings. The molecule has 2 N–H and O–H groups in total.